The average molecular weight is 248 g/mol. The Morgan fingerprint density at radius 1 is 1.00 bits per heavy atom. The third-order valence-electron chi connectivity index (χ3n) is 6.69. The van der Waals surface area contributed by atoms with Gasteiger partial charge in [0, 0.05) is 0 Å². The lowest BCUT2D eigenvalue weighted by atomic mass is 9.51. The van der Waals surface area contributed by atoms with Crippen LogP contribution in [-0.4, -0.2) is 11.1 Å². The second kappa shape index (κ2) is 3.74. The summed E-state index contributed by atoms with van der Waals surface area (Å²) in [6.07, 6.45) is 11.4. The predicted octanol–water partition coefficient (Wildman–Crippen LogP) is 3.70. The fraction of sp³-hybridized carbons (Fsp3) is 0.938. The summed E-state index contributed by atoms with van der Waals surface area (Å²) in [5, 5.41) is 9.29. The second-order valence-corrected chi connectivity index (χ2v) is 7.72. The van der Waals surface area contributed by atoms with E-state index >= 15 is 0 Å². The Hall–Kier alpha value is -0.530. The molecule has 2 heteroatoms. The molecule has 0 unspecified atom stereocenters. The minimum absolute atomic E-state index is 0.283. The first-order valence-corrected chi connectivity index (χ1v) is 7.90. The van der Waals surface area contributed by atoms with E-state index in [0.717, 1.165) is 48.9 Å². The van der Waals surface area contributed by atoms with Crippen molar-refractivity contribution in [2.45, 2.75) is 57.8 Å². The summed E-state index contributed by atoms with van der Waals surface area (Å²) in [6.45, 7) is 0. The van der Waals surface area contributed by atoms with Gasteiger partial charge in [-0.3, -0.25) is 4.79 Å². The van der Waals surface area contributed by atoms with Gasteiger partial charge < -0.3 is 5.11 Å². The van der Waals surface area contributed by atoms with Gasteiger partial charge in [0.05, 0.1) is 5.41 Å². The molecule has 2 nitrogen and oxygen atoms in total. The van der Waals surface area contributed by atoms with Gasteiger partial charge >= 0.3 is 5.97 Å². The molecule has 5 fully saturated rings. The van der Waals surface area contributed by atoms with Crippen LogP contribution in [0, 0.1) is 35.0 Å². The number of hydrogen-bond acceptors (Lipinski definition) is 1. The second-order valence-electron chi connectivity index (χ2n) is 7.72. The molecular formula is C16H24O2. The third-order valence-corrected chi connectivity index (χ3v) is 6.69. The Kier molecular flexibility index (Phi) is 2.35. The summed E-state index contributed by atoms with van der Waals surface area (Å²) in [7, 11) is 0. The van der Waals surface area contributed by atoms with Gasteiger partial charge in [0.25, 0.3) is 0 Å². The largest absolute Gasteiger partial charge is 0.481 e. The molecule has 4 bridgehead atoms. The summed E-state index contributed by atoms with van der Waals surface area (Å²) >= 11 is 0. The Bertz CT molecular complexity index is 341. The fourth-order valence-corrected chi connectivity index (χ4v) is 5.67. The van der Waals surface area contributed by atoms with Gasteiger partial charge in [-0.05, 0) is 87.4 Å². The van der Waals surface area contributed by atoms with Crippen molar-refractivity contribution in [3.05, 3.63) is 0 Å². The number of aliphatic carboxylic acids is 1. The van der Waals surface area contributed by atoms with Crippen molar-refractivity contribution in [3.8, 4) is 0 Å². The highest BCUT2D eigenvalue weighted by Gasteiger charge is 2.52. The summed E-state index contributed by atoms with van der Waals surface area (Å²) in [5.74, 6) is 4.37. The predicted molar refractivity (Wildman–Crippen MR) is 69.1 cm³/mol. The molecule has 0 aliphatic heterocycles. The first kappa shape index (κ1) is 11.3. The van der Waals surface area contributed by atoms with E-state index in [4.69, 9.17) is 0 Å². The summed E-state index contributed by atoms with van der Waals surface area (Å²) < 4.78 is 0. The van der Waals surface area contributed by atoms with Crippen molar-refractivity contribution in [1.29, 1.82) is 0 Å². The minimum Gasteiger partial charge on any atom is -0.481 e. The molecule has 0 amide bonds. The number of hydrogen-bond donors (Lipinski definition) is 1. The molecule has 0 atom stereocenters. The maximum absolute atomic E-state index is 11.3. The first-order chi connectivity index (χ1) is 8.66. The lowest BCUT2D eigenvalue weighted by Crippen LogP contribution is -2.45. The van der Waals surface area contributed by atoms with Crippen molar-refractivity contribution in [3.63, 3.8) is 0 Å². The molecule has 1 N–H and O–H groups in total. The molecule has 0 aromatic carbocycles. The molecule has 0 saturated heterocycles. The van der Waals surface area contributed by atoms with Crippen molar-refractivity contribution < 1.29 is 9.90 Å². The van der Waals surface area contributed by atoms with E-state index in [1.165, 1.54) is 38.5 Å². The standard InChI is InChI=1S/C16H24O2/c17-15(18)16(3-4-16)2-1-14-12-6-10-5-11(8-12)9-13(14)7-10/h10-14H,1-9H2,(H,17,18). The quantitative estimate of drug-likeness (QED) is 0.823. The van der Waals surface area contributed by atoms with E-state index in [1.54, 1.807) is 0 Å². The average Bonchev–Trinajstić information content (AvgIpc) is 3.08. The highest BCUT2D eigenvalue weighted by Crippen LogP contribution is 2.59. The van der Waals surface area contributed by atoms with Gasteiger partial charge in [-0.1, -0.05) is 0 Å². The summed E-state index contributed by atoms with van der Waals surface area (Å²) in [6, 6.07) is 0. The van der Waals surface area contributed by atoms with Crippen molar-refractivity contribution >= 4 is 5.97 Å². The number of carboxylic acid groups (broad SMARTS) is 1. The lowest BCUT2D eigenvalue weighted by Gasteiger charge is -2.54. The molecule has 0 aromatic rings. The van der Waals surface area contributed by atoms with E-state index in [-0.39, 0.29) is 5.41 Å². The van der Waals surface area contributed by atoms with Crippen LogP contribution in [0.4, 0.5) is 0 Å². The van der Waals surface area contributed by atoms with Gasteiger partial charge in [0.1, 0.15) is 0 Å². The monoisotopic (exact) mass is 248 g/mol. The van der Waals surface area contributed by atoms with Crippen LogP contribution in [0.2, 0.25) is 0 Å². The lowest BCUT2D eigenvalue weighted by molar-refractivity contribution is -0.144. The van der Waals surface area contributed by atoms with Crippen LogP contribution in [0.1, 0.15) is 57.8 Å². The van der Waals surface area contributed by atoms with Gasteiger partial charge in [-0.2, -0.15) is 0 Å². The van der Waals surface area contributed by atoms with Gasteiger partial charge in [-0.15, -0.1) is 0 Å². The molecule has 0 heterocycles. The summed E-state index contributed by atoms with van der Waals surface area (Å²) in [4.78, 5) is 11.3. The summed E-state index contributed by atoms with van der Waals surface area (Å²) in [5.41, 5.74) is -0.283. The Morgan fingerprint density at radius 2 is 1.56 bits per heavy atom. The molecule has 18 heavy (non-hydrogen) atoms. The molecule has 5 aliphatic carbocycles. The highest BCUT2D eigenvalue weighted by atomic mass is 16.4. The number of carboxylic acids is 1. The molecule has 0 aromatic heterocycles. The zero-order valence-electron chi connectivity index (χ0n) is 11.1. The van der Waals surface area contributed by atoms with Crippen LogP contribution in [0.15, 0.2) is 0 Å². The SMILES string of the molecule is O=C(O)C1(CCC2C3CC4CC(C3)CC2C4)CC1. The third kappa shape index (κ3) is 1.64. The van der Waals surface area contributed by atoms with Crippen LogP contribution >= 0.6 is 0 Å². The Morgan fingerprint density at radius 3 is 2.00 bits per heavy atom. The zero-order valence-corrected chi connectivity index (χ0v) is 11.1. The smallest absolute Gasteiger partial charge is 0.309 e. The van der Waals surface area contributed by atoms with E-state index in [1.807, 2.05) is 0 Å². The highest BCUT2D eigenvalue weighted by molar-refractivity contribution is 5.77. The Balaban J connectivity index is 1.42. The first-order valence-electron chi connectivity index (χ1n) is 7.90. The van der Waals surface area contributed by atoms with Gasteiger partial charge in [0.2, 0.25) is 0 Å². The molecule has 100 valence electrons. The van der Waals surface area contributed by atoms with Crippen molar-refractivity contribution in [2.75, 3.05) is 0 Å². The maximum Gasteiger partial charge on any atom is 0.309 e. The normalized spacial score (nSPS) is 47.2. The van der Waals surface area contributed by atoms with Crippen LogP contribution in [0.3, 0.4) is 0 Å². The van der Waals surface area contributed by atoms with E-state index in [9.17, 15) is 9.90 Å². The van der Waals surface area contributed by atoms with Crippen LogP contribution in [-0.2, 0) is 4.79 Å². The van der Waals surface area contributed by atoms with Crippen molar-refractivity contribution in [1.82, 2.24) is 0 Å². The molecule has 5 aliphatic rings. The van der Waals surface area contributed by atoms with Gasteiger partial charge in [0.15, 0.2) is 0 Å². The number of rotatable bonds is 4. The molecular weight excluding hydrogens is 224 g/mol. The van der Waals surface area contributed by atoms with Crippen molar-refractivity contribution in [2.24, 2.45) is 35.0 Å². The van der Waals surface area contributed by atoms with Gasteiger partial charge in [-0.25, -0.2) is 0 Å². The molecule has 0 radical (unpaired) electrons. The zero-order chi connectivity index (χ0) is 12.3. The molecule has 5 rings (SSSR count). The maximum atomic E-state index is 11.3. The fourth-order valence-electron chi connectivity index (χ4n) is 5.67. The number of carbonyl (C=O) groups is 1. The molecule has 5 saturated carbocycles. The molecule has 0 spiro atoms. The van der Waals surface area contributed by atoms with E-state index in [0.29, 0.717) is 0 Å². The van der Waals surface area contributed by atoms with E-state index < -0.39 is 5.97 Å². The van der Waals surface area contributed by atoms with Crippen LogP contribution in [0.5, 0.6) is 0 Å². The topological polar surface area (TPSA) is 37.3 Å². The minimum atomic E-state index is -0.522. The Labute approximate surface area is 109 Å². The van der Waals surface area contributed by atoms with Crippen LogP contribution < -0.4 is 0 Å². The van der Waals surface area contributed by atoms with Crippen LogP contribution in [0.25, 0.3) is 0 Å². The van der Waals surface area contributed by atoms with E-state index in [2.05, 4.69) is 0 Å².